The molecule has 0 saturated heterocycles. The molecule has 0 bridgehead atoms. The molecule has 0 heterocycles. The van der Waals surface area contributed by atoms with Crippen molar-refractivity contribution in [3.8, 4) is 0 Å². The van der Waals surface area contributed by atoms with Gasteiger partial charge < -0.3 is 14.2 Å². The lowest BCUT2D eigenvalue weighted by molar-refractivity contribution is -0.167. The summed E-state index contributed by atoms with van der Waals surface area (Å²) in [7, 11) is 0. The summed E-state index contributed by atoms with van der Waals surface area (Å²) in [5.41, 5.74) is 0. The quantitative estimate of drug-likeness (QED) is 0.0261. The topological polar surface area (TPSA) is 78.9 Å². The standard InChI is InChI=1S/C75H132O6/c1-4-7-10-13-16-19-22-25-27-29-30-31-32-33-34-35-36-37-38-39-40-41-42-43-44-46-47-50-53-56-59-62-65-68-74(77)80-71-72(70-79-73(76)67-64-61-58-55-52-49-24-21-18-15-12-9-6-3)81-75(78)69-66-63-60-57-54-51-48-45-28-26-23-20-17-14-11-8-5-2/h7,10,16,19,25-28,30-31,33-34,36-37,72H,4-6,8-9,11-15,17-18,20-24,29,32,35,38-71H2,1-3H3/b10-7-,19-16-,27-25-,28-26-,31-30-,34-33-,37-36-. The van der Waals surface area contributed by atoms with Crippen LogP contribution in [0.1, 0.15) is 355 Å². The zero-order valence-electron chi connectivity index (χ0n) is 53.8. The number of carbonyl (C=O) groups excluding carboxylic acids is 3. The van der Waals surface area contributed by atoms with Gasteiger partial charge in [-0.05, 0) is 96.3 Å². The van der Waals surface area contributed by atoms with Gasteiger partial charge in [0.25, 0.3) is 0 Å². The fourth-order valence-electron chi connectivity index (χ4n) is 10.2. The maximum Gasteiger partial charge on any atom is 0.306 e. The van der Waals surface area contributed by atoms with E-state index in [1.54, 1.807) is 0 Å². The molecule has 0 aliphatic heterocycles. The Morgan fingerprint density at radius 3 is 0.765 bits per heavy atom. The molecule has 6 heteroatoms. The molecule has 0 amide bonds. The minimum absolute atomic E-state index is 0.0726. The second kappa shape index (κ2) is 69.1. The van der Waals surface area contributed by atoms with Crippen molar-refractivity contribution in [2.24, 2.45) is 0 Å². The summed E-state index contributed by atoms with van der Waals surface area (Å²) >= 11 is 0. The largest absolute Gasteiger partial charge is 0.462 e. The molecule has 1 atom stereocenters. The van der Waals surface area contributed by atoms with E-state index in [4.69, 9.17) is 14.2 Å². The monoisotopic (exact) mass is 1130 g/mol. The SMILES string of the molecule is CC/C=C\C/C=C\C/C=C\C/C=C\C/C=C\C/C=C\CCCCCCCCCCCCCCCCC(=O)OCC(COC(=O)CCCCCCCCCCCCCCC)OC(=O)CCCCCCCCC/C=C\CCCCCCCC. The van der Waals surface area contributed by atoms with Gasteiger partial charge in [0, 0.05) is 19.3 Å². The summed E-state index contributed by atoms with van der Waals surface area (Å²) in [4.78, 5) is 38.4. The van der Waals surface area contributed by atoms with Crippen molar-refractivity contribution in [3.05, 3.63) is 85.1 Å². The molecule has 0 spiro atoms. The average Bonchev–Trinajstić information content (AvgIpc) is 3.46. The lowest BCUT2D eigenvalue weighted by Gasteiger charge is -2.18. The van der Waals surface area contributed by atoms with Crippen molar-refractivity contribution in [2.75, 3.05) is 13.2 Å². The molecule has 0 aromatic carbocycles. The van der Waals surface area contributed by atoms with Gasteiger partial charge in [-0.25, -0.2) is 0 Å². The first-order chi connectivity index (χ1) is 40.0. The highest BCUT2D eigenvalue weighted by Crippen LogP contribution is 2.17. The molecule has 1 unspecified atom stereocenters. The third-order valence-corrected chi connectivity index (χ3v) is 15.4. The molecule has 0 fully saturated rings. The van der Waals surface area contributed by atoms with E-state index in [-0.39, 0.29) is 31.1 Å². The van der Waals surface area contributed by atoms with Gasteiger partial charge in [-0.15, -0.1) is 0 Å². The van der Waals surface area contributed by atoms with Gasteiger partial charge in [0.05, 0.1) is 0 Å². The Hall–Kier alpha value is -3.41. The van der Waals surface area contributed by atoms with Crippen LogP contribution < -0.4 is 0 Å². The van der Waals surface area contributed by atoms with Gasteiger partial charge in [-0.3, -0.25) is 14.4 Å². The van der Waals surface area contributed by atoms with Crippen molar-refractivity contribution in [2.45, 2.75) is 361 Å². The van der Waals surface area contributed by atoms with Crippen LogP contribution in [-0.4, -0.2) is 37.2 Å². The number of rotatable bonds is 64. The maximum absolute atomic E-state index is 12.9. The van der Waals surface area contributed by atoms with Crippen LogP contribution in [0.2, 0.25) is 0 Å². The first kappa shape index (κ1) is 77.6. The van der Waals surface area contributed by atoms with Crippen molar-refractivity contribution < 1.29 is 28.6 Å². The Morgan fingerprint density at radius 1 is 0.259 bits per heavy atom. The Kier molecular flexibility index (Phi) is 66.2. The van der Waals surface area contributed by atoms with Gasteiger partial charge in [0.2, 0.25) is 0 Å². The van der Waals surface area contributed by atoms with Crippen LogP contribution in [0.25, 0.3) is 0 Å². The number of allylic oxidation sites excluding steroid dienone is 14. The third-order valence-electron chi connectivity index (χ3n) is 15.4. The zero-order chi connectivity index (χ0) is 58.5. The predicted molar refractivity (Wildman–Crippen MR) is 353 cm³/mol. The summed E-state index contributed by atoms with van der Waals surface area (Å²) in [6.07, 6.45) is 91.8. The smallest absolute Gasteiger partial charge is 0.306 e. The van der Waals surface area contributed by atoms with E-state index in [1.807, 2.05) is 0 Å². The first-order valence-corrected chi connectivity index (χ1v) is 35.1. The molecule has 0 aliphatic carbocycles. The second-order valence-electron chi connectivity index (χ2n) is 23.4. The Labute approximate surface area is 503 Å². The van der Waals surface area contributed by atoms with Crippen molar-refractivity contribution in [3.63, 3.8) is 0 Å². The number of esters is 3. The molecule has 0 saturated carbocycles. The summed E-state index contributed by atoms with van der Waals surface area (Å²) in [6.45, 7) is 6.56. The summed E-state index contributed by atoms with van der Waals surface area (Å²) in [5.74, 6) is -0.858. The normalized spacial score (nSPS) is 12.6. The minimum Gasteiger partial charge on any atom is -0.462 e. The molecule has 6 nitrogen and oxygen atoms in total. The molecular weight excluding hydrogens is 997 g/mol. The predicted octanol–water partition coefficient (Wildman–Crippen LogP) is 24.2. The highest BCUT2D eigenvalue weighted by atomic mass is 16.6. The van der Waals surface area contributed by atoms with Crippen molar-refractivity contribution >= 4 is 17.9 Å². The molecule has 468 valence electrons. The van der Waals surface area contributed by atoms with Gasteiger partial charge in [0.15, 0.2) is 6.10 Å². The van der Waals surface area contributed by atoms with Gasteiger partial charge in [0.1, 0.15) is 13.2 Å². The number of ether oxygens (including phenoxy) is 3. The van der Waals surface area contributed by atoms with E-state index in [1.165, 1.54) is 218 Å². The van der Waals surface area contributed by atoms with Crippen LogP contribution in [0.3, 0.4) is 0 Å². The summed E-state index contributed by atoms with van der Waals surface area (Å²) in [5, 5.41) is 0. The molecule has 0 N–H and O–H groups in total. The number of hydrogen-bond acceptors (Lipinski definition) is 6. The van der Waals surface area contributed by atoms with Crippen molar-refractivity contribution in [1.82, 2.24) is 0 Å². The first-order valence-electron chi connectivity index (χ1n) is 35.1. The van der Waals surface area contributed by atoms with Crippen LogP contribution >= 0.6 is 0 Å². The number of carbonyl (C=O) groups is 3. The lowest BCUT2D eigenvalue weighted by atomic mass is 10.0. The van der Waals surface area contributed by atoms with Gasteiger partial charge in [-0.1, -0.05) is 324 Å². The van der Waals surface area contributed by atoms with E-state index in [9.17, 15) is 14.4 Å². The average molecular weight is 1130 g/mol. The van der Waals surface area contributed by atoms with Crippen LogP contribution in [-0.2, 0) is 28.6 Å². The Balaban J connectivity index is 4.19. The van der Waals surface area contributed by atoms with E-state index in [2.05, 4.69) is 106 Å². The molecule has 0 rings (SSSR count). The Morgan fingerprint density at radius 2 is 0.481 bits per heavy atom. The van der Waals surface area contributed by atoms with Gasteiger partial charge in [-0.2, -0.15) is 0 Å². The summed E-state index contributed by atoms with van der Waals surface area (Å²) in [6, 6.07) is 0. The van der Waals surface area contributed by atoms with Crippen LogP contribution in [0, 0.1) is 0 Å². The molecule has 0 aromatic heterocycles. The van der Waals surface area contributed by atoms with Crippen molar-refractivity contribution in [1.29, 1.82) is 0 Å². The highest BCUT2D eigenvalue weighted by molar-refractivity contribution is 5.71. The fraction of sp³-hybridized carbons (Fsp3) is 0.773. The molecule has 0 aliphatic rings. The van der Waals surface area contributed by atoms with E-state index >= 15 is 0 Å². The number of hydrogen-bond donors (Lipinski definition) is 0. The van der Waals surface area contributed by atoms with Crippen LogP contribution in [0.15, 0.2) is 85.1 Å². The summed E-state index contributed by atoms with van der Waals surface area (Å²) < 4.78 is 17.0. The molecular formula is C75H132O6. The third kappa shape index (κ3) is 67.3. The minimum atomic E-state index is -0.776. The van der Waals surface area contributed by atoms with E-state index < -0.39 is 6.10 Å². The zero-order valence-corrected chi connectivity index (χ0v) is 53.8. The molecule has 81 heavy (non-hydrogen) atoms. The van der Waals surface area contributed by atoms with Crippen LogP contribution in [0.4, 0.5) is 0 Å². The van der Waals surface area contributed by atoms with E-state index in [0.717, 1.165) is 96.3 Å². The van der Waals surface area contributed by atoms with E-state index in [0.29, 0.717) is 19.3 Å². The molecule has 0 aromatic rings. The van der Waals surface area contributed by atoms with Gasteiger partial charge >= 0.3 is 17.9 Å². The maximum atomic E-state index is 12.9. The second-order valence-corrected chi connectivity index (χ2v) is 23.4. The molecule has 0 radical (unpaired) electrons. The Bertz CT molecular complexity index is 1530. The number of unbranched alkanes of at least 4 members (excludes halogenated alkanes) is 39. The van der Waals surface area contributed by atoms with Crippen LogP contribution in [0.5, 0.6) is 0 Å². The highest BCUT2D eigenvalue weighted by Gasteiger charge is 2.19. The fourth-order valence-corrected chi connectivity index (χ4v) is 10.2. The lowest BCUT2D eigenvalue weighted by Crippen LogP contribution is -2.30.